The number of hydrogen-bond donors (Lipinski definition) is 3. The molecule has 0 atom stereocenters. The molecule has 6 nitrogen and oxygen atoms in total. The summed E-state index contributed by atoms with van der Waals surface area (Å²) in [5.41, 5.74) is 2.44. The fraction of sp³-hybridized carbons (Fsp3) is 0.318. The summed E-state index contributed by atoms with van der Waals surface area (Å²) < 4.78 is 0. The Kier molecular flexibility index (Phi) is 6.93. The maximum atomic E-state index is 12.4. The molecule has 2 aromatic carbocycles. The second-order valence-corrected chi connectivity index (χ2v) is 7.68. The minimum Gasteiger partial charge on any atom is -0.481 e. The van der Waals surface area contributed by atoms with Crippen molar-refractivity contribution in [2.45, 2.75) is 40.2 Å². The van der Waals surface area contributed by atoms with E-state index in [0.29, 0.717) is 24.2 Å². The number of carboxylic acid groups (broad SMARTS) is 1. The van der Waals surface area contributed by atoms with Gasteiger partial charge in [0.1, 0.15) is 0 Å². The number of nitrogens with one attached hydrogen (secondary N) is 2. The van der Waals surface area contributed by atoms with Crippen molar-refractivity contribution >= 4 is 23.5 Å². The standard InChI is InChI=1S/C22H26N2O4/c1-22(2,3)21(28)23-14-16-7-10-17(11-8-16)20(27)24-18-6-4-5-15(13-18)9-12-19(25)26/h4-8,10-11,13H,9,12,14H2,1-3H3,(H,23,28)(H,24,27)(H,25,26). The van der Waals surface area contributed by atoms with Crippen molar-refractivity contribution in [3.63, 3.8) is 0 Å². The van der Waals surface area contributed by atoms with E-state index in [-0.39, 0.29) is 18.2 Å². The third-order valence-electron chi connectivity index (χ3n) is 4.16. The number of aliphatic carboxylic acids is 1. The number of carbonyl (C=O) groups is 3. The smallest absolute Gasteiger partial charge is 0.303 e. The molecule has 0 spiro atoms. The second kappa shape index (κ2) is 9.17. The van der Waals surface area contributed by atoms with Gasteiger partial charge < -0.3 is 15.7 Å². The van der Waals surface area contributed by atoms with Crippen molar-refractivity contribution in [1.82, 2.24) is 5.32 Å². The van der Waals surface area contributed by atoms with Crippen molar-refractivity contribution in [2.24, 2.45) is 5.41 Å². The van der Waals surface area contributed by atoms with Gasteiger partial charge in [0.2, 0.25) is 5.91 Å². The largest absolute Gasteiger partial charge is 0.481 e. The fourth-order valence-corrected chi connectivity index (χ4v) is 2.48. The van der Waals surface area contributed by atoms with Crippen molar-refractivity contribution in [3.05, 3.63) is 65.2 Å². The molecular formula is C22H26N2O4. The lowest BCUT2D eigenvalue weighted by atomic mass is 9.95. The highest BCUT2D eigenvalue weighted by molar-refractivity contribution is 6.04. The van der Waals surface area contributed by atoms with Gasteiger partial charge in [0.25, 0.3) is 5.91 Å². The molecular weight excluding hydrogens is 356 g/mol. The van der Waals surface area contributed by atoms with E-state index < -0.39 is 11.4 Å². The predicted octanol–water partition coefficient (Wildman–Crippen LogP) is 3.62. The number of carboxylic acids is 1. The molecule has 0 radical (unpaired) electrons. The number of carbonyl (C=O) groups excluding carboxylic acids is 2. The summed E-state index contributed by atoms with van der Waals surface area (Å²) >= 11 is 0. The van der Waals surface area contributed by atoms with E-state index >= 15 is 0 Å². The van der Waals surface area contributed by atoms with E-state index in [1.165, 1.54) is 0 Å². The second-order valence-electron chi connectivity index (χ2n) is 7.68. The lowest BCUT2D eigenvalue weighted by Crippen LogP contribution is -2.34. The minimum absolute atomic E-state index is 0.0305. The molecule has 0 aliphatic rings. The maximum Gasteiger partial charge on any atom is 0.303 e. The molecule has 148 valence electrons. The van der Waals surface area contributed by atoms with Gasteiger partial charge in [-0.2, -0.15) is 0 Å². The number of anilines is 1. The molecule has 2 amide bonds. The number of rotatable bonds is 7. The van der Waals surface area contributed by atoms with Crippen LogP contribution >= 0.6 is 0 Å². The van der Waals surface area contributed by atoms with Gasteiger partial charge in [0.15, 0.2) is 0 Å². The van der Waals surface area contributed by atoms with Gasteiger partial charge in [0.05, 0.1) is 0 Å². The van der Waals surface area contributed by atoms with Crippen LogP contribution in [0.1, 0.15) is 48.7 Å². The number of aryl methyl sites for hydroxylation is 1. The summed E-state index contributed by atoms with van der Waals surface area (Å²) in [5.74, 6) is -1.13. The molecule has 0 fully saturated rings. The maximum absolute atomic E-state index is 12.4. The third kappa shape index (κ3) is 6.54. The van der Waals surface area contributed by atoms with Gasteiger partial charge in [-0.1, -0.05) is 45.0 Å². The first-order valence-electron chi connectivity index (χ1n) is 9.14. The summed E-state index contributed by atoms with van der Waals surface area (Å²) in [4.78, 5) is 35.0. The SMILES string of the molecule is CC(C)(C)C(=O)NCc1ccc(C(=O)Nc2cccc(CCC(=O)O)c2)cc1. The van der Waals surface area contributed by atoms with Crippen molar-refractivity contribution in [3.8, 4) is 0 Å². The van der Waals surface area contributed by atoms with Crippen molar-refractivity contribution in [1.29, 1.82) is 0 Å². The average Bonchev–Trinajstić information content (AvgIpc) is 2.64. The zero-order valence-electron chi connectivity index (χ0n) is 16.4. The van der Waals surface area contributed by atoms with Gasteiger partial charge in [0, 0.05) is 29.6 Å². The Labute approximate surface area is 165 Å². The van der Waals surface area contributed by atoms with Crippen LogP contribution in [0.5, 0.6) is 0 Å². The van der Waals surface area contributed by atoms with Crippen LogP contribution in [0.3, 0.4) is 0 Å². The average molecular weight is 382 g/mol. The highest BCUT2D eigenvalue weighted by Gasteiger charge is 2.20. The quantitative estimate of drug-likeness (QED) is 0.681. The van der Waals surface area contributed by atoms with Crippen LogP contribution in [0.4, 0.5) is 5.69 Å². The van der Waals surface area contributed by atoms with Gasteiger partial charge in [-0.15, -0.1) is 0 Å². The van der Waals surface area contributed by atoms with Crippen LogP contribution in [0, 0.1) is 5.41 Å². The monoisotopic (exact) mass is 382 g/mol. The summed E-state index contributed by atoms with van der Waals surface area (Å²) in [6, 6.07) is 14.2. The van der Waals surface area contributed by atoms with E-state index in [2.05, 4.69) is 10.6 Å². The van der Waals surface area contributed by atoms with E-state index in [9.17, 15) is 14.4 Å². The van der Waals surface area contributed by atoms with Crippen LogP contribution in [0.15, 0.2) is 48.5 Å². The van der Waals surface area contributed by atoms with E-state index in [0.717, 1.165) is 11.1 Å². The Morgan fingerprint density at radius 3 is 2.25 bits per heavy atom. The Bertz CT molecular complexity index is 852. The minimum atomic E-state index is -0.854. The molecule has 3 N–H and O–H groups in total. The van der Waals surface area contributed by atoms with Gasteiger partial charge in [-0.25, -0.2) is 0 Å². The molecule has 0 saturated carbocycles. The van der Waals surface area contributed by atoms with Crippen molar-refractivity contribution < 1.29 is 19.5 Å². The topological polar surface area (TPSA) is 95.5 Å². The first kappa shape index (κ1) is 21.2. The summed E-state index contributed by atoms with van der Waals surface area (Å²) in [6.07, 6.45) is 0.457. The molecule has 2 aromatic rings. The Balaban J connectivity index is 1.95. The summed E-state index contributed by atoms with van der Waals surface area (Å²) in [5, 5.41) is 14.5. The molecule has 0 unspecified atom stereocenters. The molecule has 0 saturated heterocycles. The predicted molar refractivity (Wildman–Crippen MR) is 108 cm³/mol. The number of amides is 2. The van der Waals surface area contributed by atoms with E-state index in [4.69, 9.17) is 5.11 Å². The molecule has 28 heavy (non-hydrogen) atoms. The molecule has 0 bridgehead atoms. The first-order chi connectivity index (χ1) is 13.1. The van der Waals surface area contributed by atoms with Crippen LogP contribution in [-0.4, -0.2) is 22.9 Å². The van der Waals surface area contributed by atoms with Crippen molar-refractivity contribution in [2.75, 3.05) is 5.32 Å². The van der Waals surface area contributed by atoms with E-state index in [1.54, 1.807) is 42.5 Å². The Morgan fingerprint density at radius 1 is 0.964 bits per heavy atom. The highest BCUT2D eigenvalue weighted by Crippen LogP contribution is 2.15. The lowest BCUT2D eigenvalue weighted by molar-refractivity contribution is -0.137. The third-order valence-corrected chi connectivity index (χ3v) is 4.16. The van der Waals surface area contributed by atoms with Gasteiger partial charge in [-0.3, -0.25) is 14.4 Å². The Morgan fingerprint density at radius 2 is 1.64 bits per heavy atom. The normalized spacial score (nSPS) is 11.0. The van der Waals surface area contributed by atoms with Gasteiger partial charge >= 0.3 is 5.97 Å². The van der Waals surface area contributed by atoms with Crippen LogP contribution in [-0.2, 0) is 22.6 Å². The lowest BCUT2D eigenvalue weighted by Gasteiger charge is -2.17. The zero-order chi connectivity index (χ0) is 20.7. The summed E-state index contributed by atoms with van der Waals surface area (Å²) in [6.45, 7) is 5.97. The molecule has 0 aliphatic heterocycles. The zero-order valence-corrected chi connectivity index (χ0v) is 16.4. The Hall–Kier alpha value is -3.15. The van der Waals surface area contributed by atoms with Crippen LogP contribution in [0.2, 0.25) is 0 Å². The molecule has 0 heterocycles. The number of benzene rings is 2. The van der Waals surface area contributed by atoms with Crippen LogP contribution in [0.25, 0.3) is 0 Å². The molecule has 6 heteroatoms. The van der Waals surface area contributed by atoms with Crippen LogP contribution < -0.4 is 10.6 Å². The molecule has 0 aromatic heterocycles. The molecule has 0 aliphatic carbocycles. The first-order valence-corrected chi connectivity index (χ1v) is 9.14. The number of hydrogen-bond acceptors (Lipinski definition) is 3. The molecule has 2 rings (SSSR count). The van der Waals surface area contributed by atoms with E-state index in [1.807, 2.05) is 26.8 Å². The highest BCUT2D eigenvalue weighted by atomic mass is 16.4. The van der Waals surface area contributed by atoms with Gasteiger partial charge in [-0.05, 0) is 41.8 Å². The summed E-state index contributed by atoms with van der Waals surface area (Å²) in [7, 11) is 0. The fourth-order valence-electron chi connectivity index (χ4n) is 2.48.